The molecule has 0 aliphatic carbocycles. The number of rotatable bonds is 7. The van der Waals surface area contributed by atoms with Crippen LogP contribution in [0.2, 0.25) is 0 Å². The highest BCUT2D eigenvalue weighted by Gasteiger charge is 2.07. The van der Waals surface area contributed by atoms with Crippen molar-refractivity contribution in [2.24, 2.45) is 10.1 Å². The van der Waals surface area contributed by atoms with Gasteiger partial charge < -0.3 is 10.6 Å². The lowest BCUT2D eigenvalue weighted by molar-refractivity contribution is 0.597. The van der Waals surface area contributed by atoms with E-state index >= 15 is 0 Å². The van der Waals surface area contributed by atoms with Crippen molar-refractivity contribution >= 4 is 27.3 Å². The van der Waals surface area contributed by atoms with Crippen LogP contribution >= 0.6 is 11.3 Å². The summed E-state index contributed by atoms with van der Waals surface area (Å²) in [5.74, 6) is 0.704. The molecule has 0 amide bonds. The van der Waals surface area contributed by atoms with Crippen molar-refractivity contribution in [3.05, 3.63) is 52.2 Å². The van der Waals surface area contributed by atoms with E-state index in [2.05, 4.69) is 27.1 Å². The summed E-state index contributed by atoms with van der Waals surface area (Å²) in [5, 5.41) is 13.7. The lowest BCUT2D eigenvalue weighted by atomic mass is 10.2. The molecule has 24 heavy (non-hydrogen) atoms. The number of hydrogen-bond acceptors (Lipinski definition) is 4. The molecule has 1 aromatic carbocycles. The van der Waals surface area contributed by atoms with Gasteiger partial charge in [0.15, 0.2) is 5.96 Å². The van der Waals surface area contributed by atoms with Gasteiger partial charge in [-0.3, -0.25) is 0 Å². The molecule has 2 aromatic rings. The molecule has 130 valence electrons. The third kappa shape index (κ3) is 5.95. The Balaban J connectivity index is 1.97. The quantitative estimate of drug-likeness (QED) is 0.513. The van der Waals surface area contributed by atoms with Crippen LogP contribution in [-0.4, -0.2) is 27.5 Å². The third-order valence-electron chi connectivity index (χ3n) is 3.23. The van der Waals surface area contributed by atoms with E-state index in [0.29, 0.717) is 12.5 Å². The van der Waals surface area contributed by atoms with Crippen molar-refractivity contribution in [2.75, 3.05) is 13.1 Å². The van der Waals surface area contributed by atoms with E-state index in [1.165, 1.54) is 10.9 Å². The van der Waals surface area contributed by atoms with Crippen LogP contribution in [-0.2, 0) is 23.0 Å². The first kappa shape index (κ1) is 18.4. The fourth-order valence-electron chi connectivity index (χ4n) is 2.09. The molecular formula is C16H22N4O2S2. The van der Waals surface area contributed by atoms with Crippen molar-refractivity contribution in [1.29, 1.82) is 0 Å². The van der Waals surface area contributed by atoms with Crippen molar-refractivity contribution in [1.82, 2.24) is 10.6 Å². The lowest BCUT2D eigenvalue weighted by Crippen LogP contribution is -2.38. The largest absolute Gasteiger partial charge is 0.357 e. The van der Waals surface area contributed by atoms with E-state index in [4.69, 9.17) is 5.14 Å². The second-order valence-corrected chi connectivity index (χ2v) is 7.74. The Morgan fingerprint density at radius 1 is 1.25 bits per heavy atom. The molecule has 0 saturated carbocycles. The van der Waals surface area contributed by atoms with E-state index in [9.17, 15) is 8.42 Å². The highest BCUT2D eigenvalue weighted by Crippen LogP contribution is 2.11. The molecule has 0 bridgehead atoms. The number of nitrogens with zero attached hydrogens (tertiary/aromatic N) is 1. The van der Waals surface area contributed by atoms with Crippen LogP contribution in [0, 0.1) is 0 Å². The van der Waals surface area contributed by atoms with Crippen LogP contribution in [0.1, 0.15) is 17.4 Å². The minimum atomic E-state index is -3.69. The molecule has 0 aliphatic rings. The Hall–Kier alpha value is -1.90. The van der Waals surface area contributed by atoms with Gasteiger partial charge in [-0.25, -0.2) is 18.5 Å². The Bertz CT molecular complexity index is 771. The molecule has 0 saturated heterocycles. The van der Waals surface area contributed by atoms with E-state index in [0.717, 1.165) is 25.1 Å². The van der Waals surface area contributed by atoms with Gasteiger partial charge in [0.1, 0.15) is 0 Å². The van der Waals surface area contributed by atoms with E-state index in [-0.39, 0.29) is 4.90 Å². The van der Waals surface area contributed by atoms with Crippen molar-refractivity contribution < 1.29 is 8.42 Å². The van der Waals surface area contributed by atoms with Crippen LogP contribution in [0.15, 0.2) is 51.7 Å². The summed E-state index contributed by atoms with van der Waals surface area (Å²) < 4.78 is 22.8. The number of guanidine groups is 1. The molecule has 1 aromatic heterocycles. The minimum absolute atomic E-state index is 0.103. The maximum absolute atomic E-state index is 11.4. The van der Waals surface area contributed by atoms with Gasteiger partial charge in [0.05, 0.1) is 11.4 Å². The zero-order valence-electron chi connectivity index (χ0n) is 13.5. The first-order chi connectivity index (χ1) is 11.5. The van der Waals surface area contributed by atoms with Gasteiger partial charge in [-0.2, -0.15) is 0 Å². The highest BCUT2D eigenvalue weighted by atomic mass is 32.2. The molecule has 2 rings (SSSR count). The summed E-state index contributed by atoms with van der Waals surface area (Å²) >= 11 is 1.73. The number of thiophene rings is 1. The Morgan fingerprint density at radius 2 is 2.08 bits per heavy atom. The topological polar surface area (TPSA) is 96.6 Å². The van der Waals surface area contributed by atoms with Crippen LogP contribution in [0.3, 0.4) is 0 Å². The lowest BCUT2D eigenvalue weighted by Gasteiger charge is -2.11. The van der Waals surface area contributed by atoms with Gasteiger partial charge in [0.2, 0.25) is 10.0 Å². The summed E-state index contributed by atoms with van der Waals surface area (Å²) in [4.78, 5) is 5.91. The number of nitrogens with one attached hydrogen (secondary N) is 2. The third-order valence-corrected chi connectivity index (χ3v) is 5.08. The molecule has 0 atom stereocenters. The van der Waals surface area contributed by atoms with Crippen molar-refractivity contribution in [3.63, 3.8) is 0 Å². The highest BCUT2D eigenvalue weighted by molar-refractivity contribution is 7.89. The summed E-state index contributed by atoms with van der Waals surface area (Å²) in [7, 11) is -3.69. The van der Waals surface area contributed by atoms with Gasteiger partial charge in [-0.15, -0.1) is 11.3 Å². The number of sulfonamides is 1. The second kappa shape index (κ2) is 8.81. The molecule has 0 spiro atoms. The monoisotopic (exact) mass is 366 g/mol. The van der Waals surface area contributed by atoms with Crippen LogP contribution in [0.25, 0.3) is 0 Å². The molecule has 0 fully saturated rings. The maximum atomic E-state index is 11.4. The molecule has 0 radical (unpaired) electrons. The molecule has 8 heteroatoms. The van der Waals surface area contributed by atoms with E-state index in [1.54, 1.807) is 23.5 Å². The fourth-order valence-corrected chi connectivity index (χ4v) is 3.38. The number of benzene rings is 1. The van der Waals surface area contributed by atoms with E-state index < -0.39 is 10.0 Å². The van der Waals surface area contributed by atoms with Gasteiger partial charge >= 0.3 is 0 Å². The predicted octanol–water partition coefficient (Wildman–Crippen LogP) is 1.69. The van der Waals surface area contributed by atoms with Gasteiger partial charge in [-0.05, 0) is 42.5 Å². The molecule has 0 unspecified atom stereocenters. The number of aliphatic imine (C=N–C) groups is 1. The average Bonchev–Trinajstić information content (AvgIpc) is 3.05. The summed E-state index contributed by atoms with van der Waals surface area (Å²) in [6.07, 6.45) is 0.934. The molecule has 0 aliphatic heterocycles. The number of primary sulfonamides is 1. The van der Waals surface area contributed by atoms with Crippen molar-refractivity contribution in [3.8, 4) is 0 Å². The van der Waals surface area contributed by atoms with Crippen LogP contribution in [0.5, 0.6) is 0 Å². The molecule has 6 nitrogen and oxygen atoms in total. The number of nitrogens with two attached hydrogens (primary N) is 1. The summed E-state index contributed by atoms with van der Waals surface area (Å²) in [6.45, 7) is 3.90. The Labute approximate surface area is 146 Å². The first-order valence-electron chi connectivity index (χ1n) is 7.65. The van der Waals surface area contributed by atoms with Gasteiger partial charge in [0.25, 0.3) is 0 Å². The maximum Gasteiger partial charge on any atom is 0.238 e. The van der Waals surface area contributed by atoms with E-state index in [1.807, 2.05) is 19.1 Å². The van der Waals surface area contributed by atoms with Crippen molar-refractivity contribution in [2.45, 2.75) is 24.8 Å². The van der Waals surface area contributed by atoms with Gasteiger partial charge in [0, 0.05) is 18.0 Å². The Kier molecular flexibility index (Phi) is 6.77. The standard InChI is InChI=1S/C16H22N4O2S2/c1-2-18-16(19-9-8-14-6-4-10-23-14)20-12-13-5-3-7-15(11-13)24(17,21)22/h3-7,10-11H,2,8-9,12H2,1H3,(H2,17,21,22)(H2,18,19,20). The van der Waals surface area contributed by atoms with Gasteiger partial charge in [-0.1, -0.05) is 18.2 Å². The smallest absolute Gasteiger partial charge is 0.238 e. The predicted molar refractivity (Wildman–Crippen MR) is 98.7 cm³/mol. The zero-order valence-corrected chi connectivity index (χ0v) is 15.2. The SMILES string of the molecule is CCNC(=NCc1cccc(S(N)(=O)=O)c1)NCCc1cccs1. The zero-order chi connectivity index (χ0) is 17.4. The number of hydrogen-bond donors (Lipinski definition) is 3. The molecular weight excluding hydrogens is 344 g/mol. The second-order valence-electron chi connectivity index (χ2n) is 5.14. The fraction of sp³-hybridized carbons (Fsp3) is 0.312. The normalized spacial score (nSPS) is 12.2. The average molecular weight is 367 g/mol. The van der Waals surface area contributed by atoms with Crippen LogP contribution in [0.4, 0.5) is 0 Å². The van der Waals surface area contributed by atoms with Crippen LogP contribution < -0.4 is 15.8 Å². The summed E-state index contributed by atoms with van der Waals surface area (Å²) in [5.41, 5.74) is 0.789. The molecule has 4 N–H and O–H groups in total. The summed E-state index contributed by atoms with van der Waals surface area (Å²) in [6, 6.07) is 10.7. The Morgan fingerprint density at radius 3 is 2.75 bits per heavy atom. The first-order valence-corrected chi connectivity index (χ1v) is 10.1. The molecule has 1 heterocycles. The minimum Gasteiger partial charge on any atom is -0.357 e.